The summed E-state index contributed by atoms with van der Waals surface area (Å²) < 4.78 is 1.43. The molecule has 0 spiro atoms. The molecule has 0 unspecified atom stereocenters. The second kappa shape index (κ2) is 8.40. The minimum Gasteiger partial charge on any atom is -0.341 e. The van der Waals surface area contributed by atoms with Crippen LogP contribution >= 0.6 is 0 Å². The van der Waals surface area contributed by atoms with Crippen LogP contribution in [0.5, 0.6) is 0 Å². The summed E-state index contributed by atoms with van der Waals surface area (Å²) in [5, 5.41) is 12.6. The van der Waals surface area contributed by atoms with Crippen molar-refractivity contribution < 1.29 is 4.79 Å². The number of hydrogen-bond acceptors (Lipinski definition) is 4. The molecule has 21 heavy (non-hydrogen) atoms. The summed E-state index contributed by atoms with van der Waals surface area (Å²) in [7, 11) is 0. The van der Waals surface area contributed by atoms with Crippen LogP contribution in [-0.4, -0.2) is 38.7 Å². The van der Waals surface area contributed by atoms with Crippen molar-refractivity contribution in [1.29, 1.82) is 5.26 Å². The average Bonchev–Trinajstić information content (AvgIpc) is 2.85. The maximum Gasteiger partial charge on any atom is 0.252 e. The third-order valence-electron chi connectivity index (χ3n) is 3.24. The molecule has 1 rings (SSSR count). The minimum atomic E-state index is 0.0330. The number of amides is 1. The van der Waals surface area contributed by atoms with Gasteiger partial charge in [-0.25, -0.2) is 9.67 Å². The van der Waals surface area contributed by atoms with E-state index in [2.05, 4.69) is 37.8 Å². The van der Waals surface area contributed by atoms with Gasteiger partial charge in [0.15, 0.2) is 0 Å². The van der Waals surface area contributed by atoms with Gasteiger partial charge in [-0.3, -0.25) is 4.79 Å². The maximum absolute atomic E-state index is 12.4. The summed E-state index contributed by atoms with van der Waals surface area (Å²) in [4.78, 5) is 18.1. The van der Waals surface area contributed by atoms with Crippen LogP contribution in [0.4, 0.5) is 0 Å². The van der Waals surface area contributed by atoms with E-state index in [9.17, 15) is 4.79 Å². The molecule has 0 N–H and O–H groups in total. The van der Waals surface area contributed by atoms with Crippen LogP contribution in [0, 0.1) is 23.2 Å². The molecule has 0 aliphatic heterocycles. The fourth-order valence-electron chi connectivity index (χ4n) is 1.85. The molecule has 1 aromatic heterocycles. The third-order valence-corrected chi connectivity index (χ3v) is 3.24. The molecule has 0 bridgehead atoms. The van der Waals surface area contributed by atoms with Crippen molar-refractivity contribution in [2.24, 2.45) is 11.8 Å². The highest BCUT2D eigenvalue weighted by Crippen LogP contribution is 2.07. The first-order chi connectivity index (χ1) is 9.92. The van der Waals surface area contributed by atoms with Crippen molar-refractivity contribution >= 4 is 5.91 Å². The Balaban J connectivity index is 2.62. The van der Waals surface area contributed by atoms with E-state index in [0.717, 1.165) is 25.9 Å². The van der Waals surface area contributed by atoms with Crippen LogP contribution in [-0.2, 0) is 11.3 Å². The van der Waals surface area contributed by atoms with E-state index in [1.165, 1.54) is 11.0 Å². The Kier molecular flexibility index (Phi) is 6.86. The van der Waals surface area contributed by atoms with Crippen molar-refractivity contribution in [1.82, 2.24) is 19.7 Å². The number of carbonyl (C=O) groups excluding carboxylic acids is 1. The third kappa shape index (κ3) is 6.39. The summed E-state index contributed by atoms with van der Waals surface area (Å²) in [6, 6.07) is 1.86. The Morgan fingerprint density at radius 3 is 2.29 bits per heavy atom. The lowest BCUT2D eigenvalue weighted by molar-refractivity contribution is -0.132. The molecule has 6 nitrogen and oxygen atoms in total. The largest absolute Gasteiger partial charge is 0.341 e. The predicted octanol–water partition coefficient (Wildman–Crippen LogP) is 2.07. The van der Waals surface area contributed by atoms with Crippen molar-refractivity contribution in [3.8, 4) is 6.07 Å². The van der Waals surface area contributed by atoms with Crippen molar-refractivity contribution in [3.05, 3.63) is 12.2 Å². The number of carbonyl (C=O) groups is 1. The van der Waals surface area contributed by atoms with Crippen molar-refractivity contribution in [3.63, 3.8) is 0 Å². The van der Waals surface area contributed by atoms with E-state index in [4.69, 9.17) is 5.26 Å². The summed E-state index contributed by atoms with van der Waals surface area (Å²) >= 11 is 0. The second-order valence-electron chi connectivity index (χ2n) is 6.12. The Hall–Kier alpha value is -1.90. The second-order valence-corrected chi connectivity index (χ2v) is 6.12. The fourth-order valence-corrected chi connectivity index (χ4v) is 1.85. The lowest BCUT2D eigenvalue weighted by Crippen LogP contribution is -2.36. The summed E-state index contributed by atoms with van der Waals surface area (Å²) in [6.07, 6.45) is 3.41. The van der Waals surface area contributed by atoms with Crippen molar-refractivity contribution in [2.45, 2.75) is 47.1 Å². The molecule has 0 saturated heterocycles. The van der Waals surface area contributed by atoms with E-state index in [1.807, 2.05) is 11.0 Å². The van der Waals surface area contributed by atoms with Crippen molar-refractivity contribution in [2.75, 3.05) is 13.1 Å². The average molecular weight is 291 g/mol. The summed E-state index contributed by atoms with van der Waals surface area (Å²) in [5.74, 6) is 1.26. The fraction of sp³-hybridized carbons (Fsp3) is 0.733. The number of nitrogens with zero attached hydrogens (tertiary/aromatic N) is 5. The first-order valence-electron chi connectivity index (χ1n) is 7.49. The lowest BCUT2D eigenvalue weighted by Gasteiger charge is -2.24. The molecule has 0 atom stereocenters. The molecular formula is C15H25N5O. The molecule has 0 aliphatic carbocycles. The van der Waals surface area contributed by atoms with Crippen LogP contribution in [0.1, 0.15) is 46.4 Å². The highest BCUT2D eigenvalue weighted by atomic mass is 16.2. The highest BCUT2D eigenvalue weighted by molar-refractivity contribution is 5.75. The van der Waals surface area contributed by atoms with Gasteiger partial charge in [-0.1, -0.05) is 27.7 Å². The van der Waals surface area contributed by atoms with Gasteiger partial charge < -0.3 is 4.90 Å². The van der Waals surface area contributed by atoms with E-state index in [1.54, 1.807) is 0 Å². The summed E-state index contributed by atoms with van der Waals surface area (Å²) in [5.41, 5.74) is 0. The first-order valence-corrected chi connectivity index (χ1v) is 7.49. The Morgan fingerprint density at radius 2 is 1.86 bits per heavy atom. The van der Waals surface area contributed by atoms with Crippen LogP contribution in [0.15, 0.2) is 6.33 Å². The quantitative estimate of drug-likeness (QED) is 0.735. The molecule has 1 aromatic rings. The van der Waals surface area contributed by atoms with E-state index in [0.29, 0.717) is 11.8 Å². The van der Waals surface area contributed by atoms with Gasteiger partial charge in [0.25, 0.3) is 5.82 Å². The number of aromatic nitrogens is 3. The van der Waals surface area contributed by atoms with Gasteiger partial charge in [0.2, 0.25) is 5.91 Å². The van der Waals surface area contributed by atoms with E-state index < -0.39 is 0 Å². The van der Waals surface area contributed by atoms with Gasteiger partial charge >= 0.3 is 0 Å². The molecule has 1 heterocycles. The molecule has 0 aliphatic rings. The van der Waals surface area contributed by atoms with Crippen LogP contribution in [0.2, 0.25) is 0 Å². The zero-order valence-corrected chi connectivity index (χ0v) is 13.4. The van der Waals surface area contributed by atoms with Gasteiger partial charge in [-0.05, 0) is 24.7 Å². The highest BCUT2D eigenvalue weighted by Gasteiger charge is 2.15. The normalized spacial score (nSPS) is 10.9. The Labute approximate surface area is 126 Å². The van der Waals surface area contributed by atoms with Gasteiger partial charge in [-0.15, -0.1) is 5.10 Å². The Bertz CT molecular complexity index is 474. The molecule has 0 aromatic carbocycles. The molecule has 0 fully saturated rings. The van der Waals surface area contributed by atoms with Gasteiger partial charge in [0.05, 0.1) is 0 Å². The van der Waals surface area contributed by atoms with Gasteiger partial charge in [0, 0.05) is 13.1 Å². The SMILES string of the molecule is CC(C)CCN(CCC(C)C)C(=O)Cn1cnc(C#N)n1. The number of nitriles is 1. The maximum atomic E-state index is 12.4. The molecule has 1 amide bonds. The van der Waals surface area contributed by atoms with Gasteiger partial charge in [-0.2, -0.15) is 5.26 Å². The van der Waals surface area contributed by atoms with E-state index >= 15 is 0 Å². The van der Waals surface area contributed by atoms with Crippen LogP contribution in [0.25, 0.3) is 0 Å². The Morgan fingerprint density at radius 1 is 1.29 bits per heavy atom. The monoisotopic (exact) mass is 291 g/mol. The zero-order chi connectivity index (χ0) is 15.8. The standard InChI is InChI=1S/C15H25N5O/c1-12(2)5-7-19(8-6-13(3)4)15(21)10-20-11-17-14(9-16)18-20/h11-13H,5-8,10H2,1-4H3. The number of hydrogen-bond donors (Lipinski definition) is 0. The molecule has 6 heteroatoms. The lowest BCUT2D eigenvalue weighted by atomic mass is 10.1. The molecular weight excluding hydrogens is 266 g/mol. The smallest absolute Gasteiger partial charge is 0.252 e. The summed E-state index contributed by atoms with van der Waals surface area (Å²) in [6.45, 7) is 10.3. The zero-order valence-electron chi connectivity index (χ0n) is 13.4. The van der Waals surface area contributed by atoms with Gasteiger partial charge in [0.1, 0.15) is 18.9 Å². The topological polar surface area (TPSA) is 74.8 Å². The molecule has 0 saturated carbocycles. The number of rotatable bonds is 8. The van der Waals surface area contributed by atoms with Crippen LogP contribution in [0.3, 0.4) is 0 Å². The molecule has 0 radical (unpaired) electrons. The van der Waals surface area contributed by atoms with E-state index in [-0.39, 0.29) is 18.3 Å². The predicted molar refractivity (Wildman–Crippen MR) is 80.2 cm³/mol. The van der Waals surface area contributed by atoms with Crippen LogP contribution < -0.4 is 0 Å². The molecule has 116 valence electrons. The minimum absolute atomic E-state index is 0.0330. The first kappa shape index (κ1) is 17.2.